The highest BCUT2D eigenvalue weighted by Gasteiger charge is 2.23. The molecule has 0 bridgehead atoms. The van der Waals surface area contributed by atoms with Crippen molar-refractivity contribution in [1.29, 1.82) is 10.5 Å². The number of methoxy groups -OCH3 is 2. The Balaban J connectivity index is 0.000000193. The fraction of sp³-hybridized carbons (Fsp3) is 0.333. The molecular weight excluding hydrogens is 999 g/mol. The van der Waals surface area contributed by atoms with Crippen LogP contribution in [0.25, 0.3) is 67.1 Å². The maximum Gasteiger partial charge on any atom is 0.335 e. The summed E-state index contributed by atoms with van der Waals surface area (Å²) in [6.07, 6.45) is 11.2. The Morgan fingerprint density at radius 3 is 1.44 bits per heavy atom. The van der Waals surface area contributed by atoms with Crippen molar-refractivity contribution in [3.05, 3.63) is 132 Å². The molecule has 79 heavy (non-hydrogen) atoms. The number of nitrogens with one attached hydrogen (secondary N) is 2. The van der Waals surface area contributed by atoms with Crippen molar-refractivity contribution in [2.45, 2.75) is 84.7 Å². The van der Waals surface area contributed by atoms with Gasteiger partial charge in [-0.05, 0) is 123 Å². The lowest BCUT2D eigenvalue weighted by atomic mass is 10.0. The number of carboxylic acids is 1. The predicted octanol–water partition coefficient (Wildman–Crippen LogP) is 13.6. The van der Waals surface area contributed by atoms with Crippen molar-refractivity contribution in [3.63, 3.8) is 0 Å². The molecule has 0 spiro atoms. The molecule has 2 aliphatic heterocycles. The van der Waals surface area contributed by atoms with Gasteiger partial charge in [0, 0.05) is 92.8 Å². The fourth-order valence-electron chi connectivity index (χ4n) is 9.68. The number of aromatic nitrogens is 2. The first-order chi connectivity index (χ1) is 38.5. The Hall–Kier alpha value is -8.70. The van der Waals surface area contributed by atoms with Gasteiger partial charge in [0.2, 0.25) is 0 Å². The second-order valence-electron chi connectivity index (χ2n) is 19.1. The summed E-state index contributed by atoms with van der Waals surface area (Å²) in [5, 5.41) is 35.9. The zero-order valence-electron chi connectivity index (χ0n) is 45.7. The van der Waals surface area contributed by atoms with Gasteiger partial charge in [-0.1, -0.05) is 45.2 Å². The van der Waals surface area contributed by atoms with E-state index in [1.807, 2.05) is 74.5 Å². The van der Waals surface area contributed by atoms with E-state index >= 15 is 0 Å². The lowest BCUT2D eigenvalue weighted by molar-refractivity contribution is 0.0695. The van der Waals surface area contributed by atoms with E-state index in [1.54, 1.807) is 48.7 Å². The standard InChI is InChI=1S/C31H32N4O4.C27H23N3O5.C5H12/c1-4-35(5-2)31(36)21-6-8-25(28(17-21)37-3)29-18-27-30(39-29)24(10-13-33-27)20-7-9-26(22(16-20)19-32)34-23-11-14-38-15-12-23;1-33-24-13-17(27(31)32)2-4-21(24)25-14-23-26(35-25)20(6-9-29-23)16-3-5-22(18(12-16)15-28)30-19-7-10-34-11-8-19;1-3-5-4-2/h6-10,13,16-18,23,34H,4-5,11-12,14-15H2,1-3H3;2-6,9,12-14,19,30H,7-8,10-11H2,1H3,(H,31,32);3-5H2,1-2H3. The van der Waals surface area contributed by atoms with Crippen LogP contribution >= 0.6 is 0 Å². The van der Waals surface area contributed by atoms with Crippen LogP contribution in [0.15, 0.2) is 118 Å². The largest absolute Gasteiger partial charge is 0.496 e. The number of nitriles is 2. The molecule has 3 N–H and O–H groups in total. The SMILES string of the molecule is CCCCC.CCN(CC)C(=O)c1ccc(-c2cc3nccc(-c4ccc(NC5CCOCC5)c(C#N)c4)c3o2)c(OC)c1.COc1cc(C(=O)O)ccc1-c1cc2nccc(-c3ccc(NC4CCOCC4)c(C#N)c3)c2o1. The molecule has 2 fully saturated rings. The minimum atomic E-state index is -1.04. The number of ether oxygens (including phenoxy) is 4. The molecule has 0 aliphatic carbocycles. The van der Waals surface area contributed by atoms with E-state index in [0.717, 1.165) is 91.3 Å². The van der Waals surface area contributed by atoms with Crippen LogP contribution in [0.3, 0.4) is 0 Å². The van der Waals surface area contributed by atoms with E-state index in [-0.39, 0.29) is 17.5 Å². The number of carbonyl (C=O) groups is 2. The Morgan fingerprint density at radius 1 is 0.608 bits per heavy atom. The van der Waals surface area contributed by atoms with Crippen molar-refractivity contribution in [1.82, 2.24) is 14.9 Å². The third-order valence-electron chi connectivity index (χ3n) is 14.1. The van der Waals surface area contributed by atoms with Gasteiger partial charge in [0.05, 0.1) is 53.4 Å². The average molecular weight is 1070 g/mol. The topological polar surface area (TPSA) is 218 Å². The molecule has 8 aromatic rings. The predicted molar refractivity (Wildman–Crippen MR) is 307 cm³/mol. The van der Waals surface area contributed by atoms with Crippen LogP contribution in [-0.2, 0) is 9.47 Å². The Kier molecular flexibility index (Phi) is 19.4. The molecule has 4 aromatic carbocycles. The highest BCUT2D eigenvalue weighted by molar-refractivity contribution is 5.97. The van der Waals surface area contributed by atoms with Gasteiger partial charge in [-0.2, -0.15) is 10.5 Å². The van der Waals surface area contributed by atoms with E-state index in [4.69, 9.17) is 27.8 Å². The Labute approximate surface area is 460 Å². The second-order valence-corrected chi connectivity index (χ2v) is 19.1. The lowest BCUT2D eigenvalue weighted by Crippen LogP contribution is -2.30. The number of furan rings is 2. The van der Waals surface area contributed by atoms with Crippen molar-refractivity contribution < 1.29 is 42.5 Å². The zero-order valence-corrected chi connectivity index (χ0v) is 45.7. The first-order valence-electron chi connectivity index (χ1n) is 27.0. The molecule has 16 nitrogen and oxygen atoms in total. The van der Waals surface area contributed by atoms with E-state index in [0.29, 0.717) is 86.6 Å². The van der Waals surface area contributed by atoms with Gasteiger partial charge in [-0.25, -0.2) is 4.79 Å². The molecule has 408 valence electrons. The van der Waals surface area contributed by atoms with E-state index in [2.05, 4.69) is 46.6 Å². The molecule has 1 amide bonds. The number of amides is 1. The number of aromatic carboxylic acids is 1. The molecule has 0 unspecified atom stereocenters. The van der Waals surface area contributed by atoms with Gasteiger partial charge in [-0.3, -0.25) is 14.8 Å². The number of carboxylic acid groups (broad SMARTS) is 1. The molecule has 16 heteroatoms. The number of rotatable bonds is 16. The number of nitrogens with zero attached hydrogens (tertiary/aromatic N) is 5. The van der Waals surface area contributed by atoms with Gasteiger partial charge < -0.3 is 48.4 Å². The molecule has 10 rings (SSSR count). The average Bonchev–Trinajstić information content (AvgIpc) is 4.34. The second kappa shape index (κ2) is 27.1. The van der Waals surface area contributed by atoms with E-state index in [1.165, 1.54) is 38.5 Å². The molecule has 0 saturated carbocycles. The quantitative estimate of drug-likeness (QED) is 0.0820. The molecule has 2 saturated heterocycles. The summed E-state index contributed by atoms with van der Waals surface area (Å²) < 4.78 is 34.5. The number of pyridine rings is 2. The summed E-state index contributed by atoms with van der Waals surface area (Å²) in [4.78, 5) is 34.9. The summed E-state index contributed by atoms with van der Waals surface area (Å²) in [7, 11) is 3.06. The van der Waals surface area contributed by atoms with Crippen LogP contribution in [-0.4, -0.2) is 97.7 Å². The number of hydrogen-bond donors (Lipinski definition) is 3. The van der Waals surface area contributed by atoms with Gasteiger partial charge in [0.25, 0.3) is 5.91 Å². The molecular formula is C63H67N7O9. The smallest absolute Gasteiger partial charge is 0.335 e. The van der Waals surface area contributed by atoms with Gasteiger partial charge in [0.15, 0.2) is 11.2 Å². The highest BCUT2D eigenvalue weighted by atomic mass is 16.5. The van der Waals surface area contributed by atoms with Crippen LogP contribution in [0.2, 0.25) is 0 Å². The summed E-state index contributed by atoms with van der Waals surface area (Å²) in [5.74, 6) is 0.951. The first kappa shape index (κ1) is 56.5. The minimum Gasteiger partial charge on any atom is -0.496 e. The summed E-state index contributed by atoms with van der Waals surface area (Å²) in [5.41, 5.74) is 10.7. The zero-order chi connectivity index (χ0) is 55.8. The fourth-order valence-corrected chi connectivity index (χ4v) is 9.68. The van der Waals surface area contributed by atoms with Crippen LogP contribution in [0.4, 0.5) is 11.4 Å². The van der Waals surface area contributed by atoms with Crippen LogP contribution in [0.5, 0.6) is 11.5 Å². The Bertz CT molecular complexity index is 3480. The van der Waals surface area contributed by atoms with E-state index < -0.39 is 5.97 Å². The van der Waals surface area contributed by atoms with Crippen LogP contribution in [0, 0.1) is 22.7 Å². The van der Waals surface area contributed by atoms with Crippen LogP contribution in [0.1, 0.15) is 104 Å². The first-order valence-corrected chi connectivity index (χ1v) is 27.0. The van der Waals surface area contributed by atoms with Gasteiger partial charge in [-0.15, -0.1) is 0 Å². The number of carbonyl (C=O) groups excluding carboxylic acids is 1. The van der Waals surface area contributed by atoms with Crippen molar-refractivity contribution >= 4 is 45.5 Å². The summed E-state index contributed by atoms with van der Waals surface area (Å²) in [6, 6.07) is 34.2. The van der Waals surface area contributed by atoms with E-state index in [9.17, 15) is 25.2 Å². The number of fused-ring (bicyclic) bond motifs is 2. The van der Waals surface area contributed by atoms with Crippen molar-refractivity contribution in [2.75, 3.05) is 64.4 Å². The third-order valence-corrected chi connectivity index (χ3v) is 14.1. The minimum absolute atomic E-state index is 0.0403. The number of unbranched alkanes of at least 4 members (excludes halogenated alkanes) is 2. The molecule has 0 atom stereocenters. The molecule has 6 heterocycles. The normalized spacial score (nSPS) is 13.5. The lowest BCUT2D eigenvalue weighted by Gasteiger charge is -2.24. The third kappa shape index (κ3) is 13.4. The van der Waals surface area contributed by atoms with Crippen LogP contribution < -0.4 is 20.1 Å². The van der Waals surface area contributed by atoms with Gasteiger partial charge in [0.1, 0.15) is 46.2 Å². The Morgan fingerprint density at radius 2 is 1.05 bits per heavy atom. The molecule has 2 aliphatic rings. The maximum absolute atomic E-state index is 12.9. The summed E-state index contributed by atoms with van der Waals surface area (Å²) >= 11 is 0. The number of anilines is 2. The van der Waals surface area contributed by atoms with Crippen molar-refractivity contribution in [2.24, 2.45) is 0 Å². The van der Waals surface area contributed by atoms with Gasteiger partial charge >= 0.3 is 5.97 Å². The highest BCUT2D eigenvalue weighted by Crippen LogP contribution is 2.40. The monoisotopic (exact) mass is 1070 g/mol. The number of hydrogen-bond acceptors (Lipinski definition) is 14. The summed E-state index contributed by atoms with van der Waals surface area (Å²) in [6.45, 7) is 12.5. The molecule has 0 radical (unpaired) electrons. The van der Waals surface area contributed by atoms with Crippen molar-refractivity contribution in [3.8, 4) is 68.5 Å². The maximum atomic E-state index is 12.9. The number of benzene rings is 4. The molecule has 4 aromatic heterocycles.